The van der Waals surface area contributed by atoms with Crippen LogP contribution >= 0.6 is 23.4 Å². The molecule has 0 aliphatic rings. The van der Waals surface area contributed by atoms with Gasteiger partial charge in [0.15, 0.2) is 0 Å². The number of rotatable bonds is 5. The fourth-order valence-corrected chi connectivity index (χ4v) is 2.66. The monoisotopic (exact) mass is 260 g/mol. The Morgan fingerprint density at radius 2 is 2.25 bits per heavy atom. The van der Waals surface area contributed by atoms with Crippen LogP contribution in [0.4, 0.5) is 0 Å². The Kier molecular flexibility index (Phi) is 5.55. The summed E-state index contributed by atoms with van der Waals surface area (Å²) < 4.78 is 0. The fraction of sp³-hybridized carbons (Fsp3) is 0.545. The van der Waals surface area contributed by atoms with Gasteiger partial charge >= 0.3 is 0 Å². The summed E-state index contributed by atoms with van der Waals surface area (Å²) in [5.74, 6) is 0.312. The molecule has 0 aliphatic heterocycles. The SMILES string of the molecule is CC(C)C(N)C(CO)Sc1ncccc1Cl. The minimum Gasteiger partial charge on any atom is -0.395 e. The van der Waals surface area contributed by atoms with Gasteiger partial charge in [0.1, 0.15) is 5.03 Å². The summed E-state index contributed by atoms with van der Waals surface area (Å²) in [6.07, 6.45) is 1.68. The molecule has 3 N–H and O–H groups in total. The van der Waals surface area contributed by atoms with Crippen molar-refractivity contribution in [1.82, 2.24) is 4.98 Å². The molecule has 0 saturated carbocycles. The molecule has 2 unspecified atom stereocenters. The Labute approximate surface area is 105 Å². The number of aliphatic hydroxyl groups is 1. The van der Waals surface area contributed by atoms with Crippen LogP contribution in [0.3, 0.4) is 0 Å². The second-order valence-corrected chi connectivity index (χ2v) is 5.59. The van der Waals surface area contributed by atoms with Crippen LogP contribution in [0.15, 0.2) is 23.4 Å². The highest BCUT2D eigenvalue weighted by molar-refractivity contribution is 8.00. The van der Waals surface area contributed by atoms with Crippen molar-refractivity contribution >= 4 is 23.4 Å². The number of aromatic nitrogens is 1. The van der Waals surface area contributed by atoms with E-state index in [1.807, 2.05) is 13.8 Å². The van der Waals surface area contributed by atoms with Gasteiger partial charge in [-0.3, -0.25) is 0 Å². The first kappa shape index (κ1) is 13.8. The number of aliphatic hydroxyl groups excluding tert-OH is 1. The molecule has 0 saturated heterocycles. The van der Waals surface area contributed by atoms with Crippen LogP contribution < -0.4 is 5.73 Å². The smallest absolute Gasteiger partial charge is 0.115 e. The van der Waals surface area contributed by atoms with Gasteiger partial charge in [0, 0.05) is 17.5 Å². The molecule has 2 atom stereocenters. The van der Waals surface area contributed by atoms with E-state index in [4.69, 9.17) is 17.3 Å². The first-order valence-electron chi connectivity index (χ1n) is 5.20. The standard InChI is InChI=1S/C11H17ClN2OS/c1-7(2)10(13)9(6-15)16-11-8(12)4-3-5-14-11/h3-5,7,9-10,15H,6,13H2,1-2H3. The molecule has 0 fully saturated rings. The van der Waals surface area contributed by atoms with E-state index < -0.39 is 0 Å². The third-order valence-electron chi connectivity index (χ3n) is 2.37. The molecular formula is C11H17ClN2OS. The number of hydrogen-bond acceptors (Lipinski definition) is 4. The maximum Gasteiger partial charge on any atom is 0.115 e. The lowest BCUT2D eigenvalue weighted by Gasteiger charge is -2.24. The van der Waals surface area contributed by atoms with E-state index in [-0.39, 0.29) is 17.9 Å². The van der Waals surface area contributed by atoms with Gasteiger partial charge in [-0.2, -0.15) is 0 Å². The highest BCUT2D eigenvalue weighted by Gasteiger charge is 2.22. The van der Waals surface area contributed by atoms with Crippen LogP contribution in [0.2, 0.25) is 5.02 Å². The van der Waals surface area contributed by atoms with Crippen molar-refractivity contribution in [2.45, 2.75) is 30.2 Å². The van der Waals surface area contributed by atoms with E-state index in [1.165, 1.54) is 11.8 Å². The van der Waals surface area contributed by atoms with Crippen molar-refractivity contribution in [2.75, 3.05) is 6.61 Å². The zero-order chi connectivity index (χ0) is 12.1. The van der Waals surface area contributed by atoms with Crippen molar-refractivity contribution in [3.63, 3.8) is 0 Å². The molecule has 5 heteroatoms. The topological polar surface area (TPSA) is 59.1 Å². The summed E-state index contributed by atoms with van der Waals surface area (Å²) in [5.41, 5.74) is 6.02. The normalized spacial score (nSPS) is 15.1. The molecule has 0 bridgehead atoms. The van der Waals surface area contributed by atoms with Crippen LogP contribution in [0.5, 0.6) is 0 Å². The minimum atomic E-state index is -0.0765. The van der Waals surface area contributed by atoms with Gasteiger partial charge in [-0.25, -0.2) is 4.98 Å². The van der Waals surface area contributed by atoms with Crippen molar-refractivity contribution in [3.8, 4) is 0 Å². The van der Waals surface area contributed by atoms with E-state index in [0.717, 1.165) is 5.03 Å². The van der Waals surface area contributed by atoms with Crippen molar-refractivity contribution in [2.24, 2.45) is 11.7 Å². The highest BCUT2D eigenvalue weighted by Crippen LogP contribution is 2.30. The zero-order valence-electron chi connectivity index (χ0n) is 9.43. The summed E-state index contributed by atoms with van der Waals surface area (Å²) in [7, 11) is 0. The molecule has 0 radical (unpaired) electrons. The van der Waals surface area contributed by atoms with Crippen LogP contribution in [-0.2, 0) is 0 Å². The number of nitrogens with two attached hydrogens (primary N) is 1. The lowest BCUT2D eigenvalue weighted by atomic mass is 10.0. The summed E-state index contributed by atoms with van der Waals surface area (Å²) in [6, 6.07) is 3.49. The van der Waals surface area contributed by atoms with Crippen LogP contribution in [0.1, 0.15) is 13.8 Å². The number of halogens is 1. The van der Waals surface area contributed by atoms with Gasteiger partial charge in [0.2, 0.25) is 0 Å². The van der Waals surface area contributed by atoms with Gasteiger partial charge in [-0.1, -0.05) is 37.2 Å². The lowest BCUT2D eigenvalue weighted by molar-refractivity contribution is 0.269. The summed E-state index contributed by atoms with van der Waals surface area (Å²) in [4.78, 5) is 4.17. The summed E-state index contributed by atoms with van der Waals surface area (Å²) >= 11 is 7.44. The quantitative estimate of drug-likeness (QED) is 0.797. The third-order valence-corrected chi connectivity index (χ3v) is 4.10. The van der Waals surface area contributed by atoms with Crippen LogP contribution in [0.25, 0.3) is 0 Å². The van der Waals surface area contributed by atoms with Crippen LogP contribution in [-0.4, -0.2) is 28.0 Å². The van der Waals surface area contributed by atoms with Gasteiger partial charge in [-0.05, 0) is 18.1 Å². The Bertz CT molecular complexity index is 336. The Morgan fingerprint density at radius 1 is 1.56 bits per heavy atom. The first-order valence-corrected chi connectivity index (χ1v) is 6.45. The second kappa shape index (κ2) is 6.45. The Morgan fingerprint density at radius 3 is 2.75 bits per heavy atom. The number of hydrogen-bond donors (Lipinski definition) is 2. The van der Waals surface area contributed by atoms with E-state index in [2.05, 4.69) is 4.98 Å². The number of thioether (sulfide) groups is 1. The molecule has 0 amide bonds. The minimum absolute atomic E-state index is 0.0247. The van der Waals surface area contributed by atoms with Crippen molar-refractivity contribution in [3.05, 3.63) is 23.4 Å². The van der Waals surface area contributed by atoms with Gasteiger partial charge < -0.3 is 10.8 Å². The molecule has 3 nitrogen and oxygen atoms in total. The molecular weight excluding hydrogens is 244 g/mol. The van der Waals surface area contributed by atoms with E-state index >= 15 is 0 Å². The van der Waals surface area contributed by atoms with Crippen molar-refractivity contribution < 1.29 is 5.11 Å². The molecule has 0 aromatic carbocycles. The fourth-order valence-electron chi connectivity index (χ4n) is 1.27. The third kappa shape index (κ3) is 3.63. The second-order valence-electron chi connectivity index (χ2n) is 3.95. The maximum atomic E-state index is 9.33. The number of pyridine rings is 1. The highest BCUT2D eigenvalue weighted by atomic mass is 35.5. The molecule has 90 valence electrons. The predicted molar refractivity (Wildman–Crippen MR) is 68.8 cm³/mol. The van der Waals surface area contributed by atoms with E-state index in [0.29, 0.717) is 10.9 Å². The zero-order valence-corrected chi connectivity index (χ0v) is 11.0. The average molecular weight is 261 g/mol. The molecule has 1 aromatic rings. The average Bonchev–Trinajstić information content (AvgIpc) is 2.27. The lowest BCUT2D eigenvalue weighted by Crippen LogP contribution is -2.39. The van der Waals surface area contributed by atoms with E-state index in [1.54, 1.807) is 18.3 Å². The predicted octanol–water partition coefficient (Wildman–Crippen LogP) is 2.17. The Hall–Kier alpha value is -0.290. The summed E-state index contributed by atoms with van der Waals surface area (Å²) in [5, 5.41) is 10.6. The molecule has 16 heavy (non-hydrogen) atoms. The molecule has 0 aliphatic carbocycles. The Balaban J connectivity index is 2.74. The first-order chi connectivity index (χ1) is 7.56. The van der Waals surface area contributed by atoms with Gasteiger partial charge in [0.05, 0.1) is 11.6 Å². The van der Waals surface area contributed by atoms with E-state index in [9.17, 15) is 5.11 Å². The summed E-state index contributed by atoms with van der Waals surface area (Å²) in [6.45, 7) is 4.10. The van der Waals surface area contributed by atoms with Gasteiger partial charge in [-0.15, -0.1) is 0 Å². The molecule has 0 spiro atoms. The van der Waals surface area contributed by atoms with Crippen molar-refractivity contribution in [1.29, 1.82) is 0 Å². The molecule has 1 aromatic heterocycles. The van der Waals surface area contributed by atoms with Gasteiger partial charge in [0.25, 0.3) is 0 Å². The largest absolute Gasteiger partial charge is 0.395 e. The molecule has 1 heterocycles. The molecule has 1 rings (SSSR count). The number of nitrogens with zero attached hydrogens (tertiary/aromatic N) is 1. The van der Waals surface area contributed by atoms with Crippen LogP contribution in [0, 0.1) is 5.92 Å². The maximum absolute atomic E-state index is 9.33.